The van der Waals surface area contributed by atoms with Crippen molar-refractivity contribution in [3.8, 4) is 11.5 Å². The van der Waals surface area contributed by atoms with Gasteiger partial charge in [-0.25, -0.2) is 0 Å². The predicted octanol–water partition coefficient (Wildman–Crippen LogP) is 3.18. The Hall–Kier alpha value is -2.28. The van der Waals surface area contributed by atoms with Crippen LogP contribution in [0.2, 0.25) is 0 Å². The molecule has 1 saturated heterocycles. The molecule has 1 atom stereocenters. The minimum absolute atomic E-state index is 0.00981. The van der Waals surface area contributed by atoms with Gasteiger partial charge < -0.3 is 19.7 Å². The number of rotatable bonds is 9. The van der Waals surface area contributed by atoms with Crippen LogP contribution in [0, 0.1) is 11.8 Å². The summed E-state index contributed by atoms with van der Waals surface area (Å²) in [6, 6.07) is 5.19. The number of benzene rings is 1. The number of ether oxygens (including phenoxy) is 2. The van der Waals surface area contributed by atoms with E-state index in [0.717, 1.165) is 38.9 Å². The second kappa shape index (κ2) is 11.5. The second-order valence-corrected chi connectivity index (χ2v) is 9.36. The van der Waals surface area contributed by atoms with Crippen molar-refractivity contribution in [2.45, 2.75) is 52.0 Å². The number of carbonyl (C=O) groups excluding carboxylic acids is 2. The SMILES string of the molecule is COc1ccc(C(=O)N2CCN(C(C(=O)NCCC(C)C)C3CCCC3)CC2)cc1OC. The Morgan fingerprint density at radius 1 is 1.03 bits per heavy atom. The first-order valence-corrected chi connectivity index (χ1v) is 12.0. The monoisotopic (exact) mass is 445 g/mol. The van der Waals surface area contributed by atoms with Gasteiger partial charge in [-0.1, -0.05) is 26.7 Å². The third kappa shape index (κ3) is 5.94. The molecule has 0 bridgehead atoms. The number of hydrogen-bond acceptors (Lipinski definition) is 5. The number of hydrogen-bond donors (Lipinski definition) is 1. The van der Waals surface area contributed by atoms with E-state index in [1.54, 1.807) is 32.4 Å². The summed E-state index contributed by atoms with van der Waals surface area (Å²) in [5.41, 5.74) is 0.592. The van der Waals surface area contributed by atoms with Crippen molar-refractivity contribution in [2.75, 3.05) is 46.9 Å². The fourth-order valence-electron chi connectivity index (χ4n) is 4.89. The van der Waals surface area contributed by atoms with Crippen molar-refractivity contribution in [1.29, 1.82) is 0 Å². The minimum atomic E-state index is -0.0806. The van der Waals surface area contributed by atoms with Gasteiger partial charge in [0, 0.05) is 38.3 Å². The molecular formula is C25H39N3O4. The van der Waals surface area contributed by atoms with Gasteiger partial charge in [0.05, 0.1) is 20.3 Å². The maximum atomic E-state index is 13.1. The Kier molecular flexibility index (Phi) is 8.79. The molecule has 0 spiro atoms. The number of nitrogens with zero attached hydrogens (tertiary/aromatic N) is 2. The van der Waals surface area contributed by atoms with Crippen LogP contribution in [0.4, 0.5) is 0 Å². The summed E-state index contributed by atoms with van der Waals surface area (Å²) in [5, 5.41) is 3.18. The molecule has 1 N–H and O–H groups in total. The zero-order valence-electron chi connectivity index (χ0n) is 20.1. The summed E-state index contributed by atoms with van der Waals surface area (Å²) < 4.78 is 10.6. The first-order valence-electron chi connectivity index (χ1n) is 12.0. The maximum absolute atomic E-state index is 13.1. The van der Waals surface area contributed by atoms with Gasteiger partial charge in [-0.3, -0.25) is 14.5 Å². The van der Waals surface area contributed by atoms with Crippen LogP contribution in [0.15, 0.2) is 18.2 Å². The molecule has 0 radical (unpaired) electrons. The van der Waals surface area contributed by atoms with Crippen LogP contribution in [-0.2, 0) is 4.79 Å². The van der Waals surface area contributed by atoms with Crippen LogP contribution in [0.3, 0.4) is 0 Å². The third-order valence-corrected chi connectivity index (χ3v) is 6.76. The number of carbonyl (C=O) groups is 2. The molecule has 1 aliphatic heterocycles. The summed E-state index contributed by atoms with van der Waals surface area (Å²) in [4.78, 5) is 30.4. The van der Waals surface area contributed by atoms with Gasteiger partial charge in [0.2, 0.25) is 5.91 Å². The average Bonchev–Trinajstić information content (AvgIpc) is 3.32. The number of piperazine rings is 1. The first kappa shape index (κ1) is 24.4. The minimum Gasteiger partial charge on any atom is -0.493 e. The summed E-state index contributed by atoms with van der Waals surface area (Å²) >= 11 is 0. The van der Waals surface area contributed by atoms with E-state index < -0.39 is 0 Å². The fourth-order valence-corrected chi connectivity index (χ4v) is 4.89. The lowest BCUT2D eigenvalue weighted by Gasteiger charge is -2.40. The van der Waals surface area contributed by atoms with Gasteiger partial charge in [-0.05, 0) is 49.3 Å². The number of amides is 2. The molecule has 7 heteroatoms. The lowest BCUT2D eigenvalue weighted by molar-refractivity contribution is -0.129. The Labute approximate surface area is 192 Å². The highest BCUT2D eigenvalue weighted by molar-refractivity contribution is 5.95. The van der Waals surface area contributed by atoms with Crippen LogP contribution >= 0.6 is 0 Å². The van der Waals surface area contributed by atoms with Crippen LogP contribution in [0.5, 0.6) is 11.5 Å². The molecule has 32 heavy (non-hydrogen) atoms. The van der Waals surface area contributed by atoms with Crippen molar-refractivity contribution >= 4 is 11.8 Å². The number of methoxy groups -OCH3 is 2. The molecule has 1 aromatic carbocycles. The molecule has 2 fully saturated rings. The molecule has 2 amide bonds. The van der Waals surface area contributed by atoms with Crippen molar-refractivity contribution in [2.24, 2.45) is 11.8 Å². The Balaban J connectivity index is 1.62. The molecule has 1 saturated carbocycles. The zero-order valence-corrected chi connectivity index (χ0v) is 20.1. The maximum Gasteiger partial charge on any atom is 0.254 e. The summed E-state index contributed by atoms with van der Waals surface area (Å²) in [5.74, 6) is 2.31. The molecule has 3 rings (SSSR count). The molecule has 1 heterocycles. The van der Waals surface area contributed by atoms with E-state index in [2.05, 4.69) is 24.1 Å². The van der Waals surface area contributed by atoms with Crippen molar-refractivity contribution in [3.63, 3.8) is 0 Å². The van der Waals surface area contributed by atoms with Crippen LogP contribution < -0.4 is 14.8 Å². The van der Waals surface area contributed by atoms with E-state index in [-0.39, 0.29) is 17.9 Å². The van der Waals surface area contributed by atoms with Crippen LogP contribution in [0.25, 0.3) is 0 Å². The van der Waals surface area contributed by atoms with E-state index in [4.69, 9.17) is 9.47 Å². The highest BCUT2D eigenvalue weighted by Gasteiger charge is 2.37. The van der Waals surface area contributed by atoms with E-state index in [0.29, 0.717) is 42.0 Å². The van der Waals surface area contributed by atoms with E-state index in [9.17, 15) is 9.59 Å². The molecule has 1 unspecified atom stereocenters. The Morgan fingerprint density at radius 3 is 2.28 bits per heavy atom. The van der Waals surface area contributed by atoms with Gasteiger partial charge >= 0.3 is 0 Å². The summed E-state index contributed by atoms with van der Waals surface area (Å²) in [6.07, 6.45) is 5.65. The Morgan fingerprint density at radius 2 is 1.69 bits per heavy atom. The van der Waals surface area contributed by atoms with Gasteiger partial charge in [0.15, 0.2) is 11.5 Å². The molecule has 1 aliphatic carbocycles. The van der Waals surface area contributed by atoms with Gasteiger partial charge in [-0.2, -0.15) is 0 Å². The van der Waals surface area contributed by atoms with Crippen molar-refractivity contribution in [1.82, 2.24) is 15.1 Å². The number of nitrogens with one attached hydrogen (secondary N) is 1. The second-order valence-electron chi connectivity index (χ2n) is 9.36. The molecular weight excluding hydrogens is 406 g/mol. The molecule has 178 valence electrons. The van der Waals surface area contributed by atoms with Crippen molar-refractivity contribution < 1.29 is 19.1 Å². The van der Waals surface area contributed by atoms with E-state index in [1.807, 2.05) is 4.90 Å². The predicted molar refractivity (Wildman–Crippen MR) is 125 cm³/mol. The normalized spacial score (nSPS) is 18.6. The van der Waals surface area contributed by atoms with Gasteiger partial charge in [0.1, 0.15) is 0 Å². The first-order chi connectivity index (χ1) is 15.4. The quantitative estimate of drug-likeness (QED) is 0.632. The average molecular weight is 446 g/mol. The standard InChI is InChI=1S/C25H39N3O4/c1-18(2)11-12-26-24(29)23(19-7-5-6-8-19)27-13-15-28(16-14-27)25(30)20-9-10-21(31-3)22(17-20)32-4/h9-10,17-19,23H,5-8,11-16H2,1-4H3,(H,26,29). The summed E-state index contributed by atoms with van der Waals surface area (Å²) in [7, 11) is 3.15. The Bertz CT molecular complexity index is 768. The molecule has 2 aliphatic rings. The van der Waals surface area contributed by atoms with Crippen LogP contribution in [0.1, 0.15) is 56.3 Å². The fraction of sp³-hybridized carbons (Fsp3) is 0.680. The highest BCUT2D eigenvalue weighted by atomic mass is 16.5. The molecule has 1 aromatic rings. The van der Waals surface area contributed by atoms with Crippen molar-refractivity contribution in [3.05, 3.63) is 23.8 Å². The topological polar surface area (TPSA) is 71.1 Å². The highest BCUT2D eigenvalue weighted by Crippen LogP contribution is 2.32. The smallest absolute Gasteiger partial charge is 0.254 e. The van der Waals surface area contributed by atoms with Crippen LogP contribution in [-0.4, -0.2) is 74.6 Å². The zero-order chi connectivity index (χ0) is 23.1. The molecule has 7 nitrogen and oxygen atoms in total. The lowest BCUT2D eigenvalue weighted by atomic mass is 9.94. The third-order valence-electron chi connectivity index (χ3n) is 6.76. The van der Waals surface area contributed by atoms with Gasteiger partial charge in [-0.15, -0.1) is 0 Å². The van der Waals surface area contributed by atoms with Gasteiger partial charge in [0.25, 0.3) is 5.91 Å². The summed E-state index contributed by atoms with van der Waals surface area (Å²) in [6.45, 7) is 7.77. The lowest BCUT2D eigenvalue weighted by Crippen LogP contribution is -2.58. The van der Waals surface area contributed by atoms with E-state index in [1.165, 1.54) is 12.8 Å². The molecule has 0 aromatic heterocycles. The van der Waals surface area contributed by atoms with E-state index >= 15 is 0 Å². The largest absolute Gasteiger partial charge is 0.493 e.